The quantitative estimate of drug-likeness (QED) is 0.559. The Morgan fingerprint density at radius 2 is 2.07 bits per heavy atom. The lowest BCUT2D eigenvalue weighted by Crippen LogP contribution is -2.49. The molecule has 0 aliphatic carbocycles. The molecule has 2 aromatic carbocycles. The molecular formula is C18H19N3O7S. The van der Waals surface area contributed by atoms with E-state index in [9.17, 15) is 23.3 Å². The Morgan fingerprint density at radius 3 is 2.72 bits per heavy atom. The number of methoxy groups -OCH3 is 1. The summed E-state index contributed by atoms with van der Waals surface area (Å²) in [5.41, 5.74) is 0.205. The molecule has 1 amide bonds. The van der Waals surface area contributed by atoms with Gasteiger partial charge in [0.25, 0.3) is 11.6 Å². The van der Waals surface area contributed by atoms with Crippen LogP contribution in [0.25, 0.3) is 0 Å². The average Bonchev–Trinajstić information content (AvgIpc) is 2.72. The monoisotopic (exact) mass is 421 g/mol. The number of nitrogens with zero attached hydrogens (tertiary/aromatic N) is 2. The molecule has 0 radical (unpaired) electrons. The Labute approximate surface area is 167 Å². The molecule has 1 heterocycles. The number of ether oxygens (including phenoxy) is 2. The fourth-order valence-electron chi connectivity index (χ4n) is 2.88. The first-order valence-electron chi connectivity index (χ1n) is 8.66. The summed E-state index contributed by atoms with van der Waals surface area (Å²) in [5.74, 6) is -0.330. The summed E-state index contributed by atoms with van der Waals surface area (Å²) in [7, 11) is -2.28. The molecule has 154 valence electrons. The second-order valence-electron chi connectivity index (χ2n) is 6.14. The summed E-state index contributed by atoms with van der Waals surface area (Å²) in [5, 5.41) is 13.6. The zero-order valence-electron chi connectivity index (χ0n) is 15.7. The van der Waals surface area contributed by atoms with Gasteiger partial charge in [-0.3, -0.25) is 19.2 Å². The van der Waals surface area contributed by atoms with Gasteiger partial charge < -0.3 is 14.8 Å². The fourth-order valence-corrected chi connectivity index (χ4v) is 4.00. The van der Waals surface area contributed by atoms with Crippen molar-refractivity contribution in [3.05, 3.63) is 52.6 Å². The molecule has 0 fully saturated rings. The minimum Gasteiger partial charge on any atom is -0.495 e. The van der Waals surface area contributed by atoms with Crippen LogP contribution in [0.3, 0.4) is 0 Å². The van der Waals surface area contributed by atoms with Crippen LogP contribution < -0.4 is 19.1 Å². The van der Waals surface area contributed by atoms with E-state index in [2.05, 4.69) is 5.32 Å². The number of para-hydroxylation sites is 2. The van der Waals surface area contributed by atoms with Crippen LogP contribution in [0.4, 0.5) is 17.1 Å². The van der Waals surface area contributed by atoms with Crippen molar-refractivity contribution >= 4 is 33.0 Å². The zero-order valence-corrected chi connectivity index (χ0v) is 16.5. The summed E-state index contributed by atoms with van der Waals surface area (Å²) in [6, 6.07) is 10.3. The van der Waals surface area contributed by atoms with Gasteiger partial charge in [0.05, 0.1) is 35.7 Å². The van der Waals surface area contributed by atoms with E-state index in [0.717, 1.165) is 10.4 Å². The molecule has 0 unspecified atom stereocenters. The molecule has 3 rings (SSSR count). The molecule has 0 spiro atoms. The normalized spacial score (nSPS) is 15.8. The van der Waals surface area contributed by atoms with Crippen LogP contribution >= 0.6 is 0 Å². The summed E-state index contributed by atoms with van der Waals surface area (Å²) in [4.78, 5) is 23.2. The first-order valence-corrected chi connectivity index (χ1v) is 10.3. The molecule has 1 atom stereocenters. The first kappa shape index (κ1) is 20.4. The molecule has 1 aliphatic heterocycles. The third-order valence-electron chi connectivity index (χ3n) is 4.38. The predicted molar refractivity (Wildman–Crippen MR) is 106 cm³/mol. The maximum absolute atomic E-state index is 12.8. The highest BCUT2D eigenvalue weighted by Gasteiger charge is 2.36. The Morgan fingerprint density at radius 1 is 1.34 bits per heavy atom. The summed E-state index contributed by atoms with van der Waals surface area (Å²) >= 11 is 0. The Balaban J connectivity index is 1.91. The maximum atomic E-state index is 12.8. The zero-order chi connectivity index (χ0) is 21.2. The number of rotatable bonds is 6. The number of hydrogen-bond donors (Lipinski definition) is 1. The highest BCUT2D eigenvalue weighted by molar-refractivity contribution is 7.92. The van der Waals surface area contributed by atoms with Crippen LogP contribution in [-0.2, 0) is 14.8 Å². The molecule has 11 heteroatoms. The Kier molecular flexibility index (Phi) is 5.59. The van der Waals surface area contributed by atoms with Crippen LogP contribution in [0.15, 0.2) is 42.5 Å². The number of nitro benzene ring substituents is 1. The molecule has 0 aromatic heterocycles. The van der Waals surface area contributed by atoms with Gasteiger partial charge >= 0.3 is 0 Å². The van der Waals surface area contributed by atoms with Gasteiger partial charge in [-0.15, -0.1) is 0 Å². The molecule has 29 heavy (non-hydrogen) atoms. The second kappa shape index (κ2) is 7.95. The van der Waals surface area contributed by atoms with Gasteiger partial charge in [0.2, 0.25) is 10.0 Å². The van der Waals surface area contributed by atoms with Crippen molar-refractivity contribution in [3.8, 4) is 11.5 Å². The number of anilines is 2. The lowest BCUT2D eigenvalue weighted by Gasteiger charge is -2.34. The second-order valence-corrected chi connectivity index (χ2v) is 8.32. The minimum absolute atomic E-state index is 0.0825. The van der Waals surface area contributed by atoms with Crippen LogP contribution in [-0.4, -0.2) is 44.8 Å². The molecule has 2 aromatic rings. The molecule has 0 bridgehead atoms. The fraction of sp³-hybridized carbons (Fsp3) is 0.278. The lowest BCUT2D eigenvalue weighted by molar-refractivity contribution is -0.384. The van der Waals surface area contributed by atoms with Crippen molar-refractivity contribution in [2.75, 3.05) is 29.0 Å². The highest BCUT2D eigenvalue weighted by atomic mass is 32.2. The van der Waals surface area contributed by atoms with E-state index in [-0.39, 0.29) is 35.2 Å². The summed E-state index contributed by atoms with van der Waals surface area (Å²) in [6.07, 6.45) is -1.16. The first-order chi connectivity index (χ1) is 13.8. The number of hydrogen-bond acceptors (Lipinski definition) is 7. The number of fused-ring (bicyclic) bond motifs is 1. The van der Waals surface area contributed by atoms with E-state index in [1.807, 2.05) is 0 Å². The summed E-state index contributed by atoms with van der Waals surface area (Å²) < 4.78 is 37.0. The van der Waals surface area contributed by atoms with Crippen molar-refractivity contribution in [2.24, 2.45) is 0 Å². The molecule has 1 N–H and O–H groups in total. The van der Waals surface area contributed by atoms with Gasteiger partial charge in [0.15, 0.2) is 6.10 Å². The van der Waals surface area contributed by atoms with Crippen LogP contribution in [0.5, 0.6) is 11.5 Å². The van der Waals surface area contributed by atoms with Crippen molar-refractivity contribution in [1.82, 2.24) is 0 Å². The SMILES string of the molecule is CCS(=O)(=O)N1C[C@H](C(=O)Nc2cc([N+](=O)[O-])ccc2OC)Oc2ccccc21. The number of amides is 1. The summed E-state index contributed by atoms with van der Waals surface area (Å²) in [6.45, 7) is 1.28. The smallest absolute Gasteiger partial charge is 0.271 e. The van der Waals surface area contributed by atoms with Crippen LogP contribution in [0, 0.1) is 10.1 Å². The van der Waals surface area contributed by atoms with Gasteiger partial charge in [-0.25, -0.2) is 8.42 Å². The molecule has 1 aliphatic rings. The van der Waals surface area contributed by atoms with Gasteiger partial charge in [-0.05, 0) is 25.1 Å². The van der Waals surface area contributed by atoms with Crippen LogP contribution in [0.2, 0.25) is 0 Å². The van der Waals surface area contributed by atoms with E-state index in [1.165, 1.54) is 26.2 Å². The van der Waals surface area contributed by atoms with E-state index in [0.29, 0.717) is 5.69 Å². The third-order valence-corrected chi connectivity index (χ3v) is 6.13. The molecule has 0 saturated heterocycles. The van der Waals surface area contributed by atoms with E-state index < -0.39 is 27.0 Å². The van der Waals surface area contributed by atoms with Crippen molar-refractivity contribution in [2.45, 2.75) is 13.0 Å². The predicted octanol–water partition coefficient (Wildman–Crippen LogP) is 2.16. The van der Waals surface area contributed by atoms with Crippen molar-refractivity contribution in [1.29, 1.82) is 0 Å². The lowest BCUT2D eigenvalue weighted by atomic mass is 10.2. The van der Waals surface area contributed by atoms with E-state index >= 15 is 0 Å². The standard InChI is InChI=1S/C18H19N3O7S/c1-3-29(25,26)20-11-17(28-16-7-5-4-6-14(16)20)18(22)19-13-10-12(21(23)24)8-9-15(13)27-2/h4-10,17H,3,11H2,1-2H3,(H,19,22)/t17-/m1/s1. The van der Waals surface area contributed by atoms with Gasteiger partial charge in [0.1, 0.15) is 11.5 Å². The molecule has 10 nitrogen and oxygen atoms in total. The van der Waals surface area contributed by atoms with Gasteiger partial charge in [0, 0.05) is 12.1 Å². The van der Waals surface area contributed by atoms with Crippen LogP contribution in [0.1, 0.15) is 6.92 Å². The third kappa shape index (κ3) is 4.09. The minimum atomic E-state index is -3.65. The number of sulfonamides is 1. The number of nitro groups is 1. The maximum Gasteiger partial charge on any atom is 0.271 e. The average molecular weight is 421 g/mol. The van der Waals surface area contributed by atoms with Crippen molar-refractivity contribution in [3.63, 3.8) is 0 Å². The molecule has 0 saturated carbocycles. The van der Waals surface area contributed by atoms with Gasteiger partial charge in [-0.2, -0.15) is 0 Å². The number of carbonyl (C=O) groups is 1. The van der Waals surface area contributed by atoms with Gasteiger partial charge in [-0.1, -0.05) is 12.1 Å². The molecular weight excluding hydrogens is 402 g/mol. The van der Waals surface area contributed by atoms with E-state index in [4.69, 9.17) is 9.47 Å². The van der Waals surface area contributed by atoms with Crippen molar-refractivity contribution < 1.29 is 27.6 Å². The largest absolute Gasteiger partial charge is 0.495 e. The Bertz CT molecular complexity index is 1060. The topological polar surface area (TPSA) is 128 Å². The number of benzene rings is 2. The number of carbonyl (C=O) groups excluding carboxylic acids is 1. The number of non-ortho nitro benzene ring substituents is 1. The Hall–Kier alpha value is -3.34. The highest BCUT2D eigenvalue weighted by Crippen LogP contribution is 2.36. The number of nitrogens with one attached hydrogen (secondary N) is 1. The van der Waals surface area contributed by atoms with E-state index in [1.54, 1.807) is 24.3 Å².